The number of nitrogens with zero attached hydrogens (tertiary/aromatic N) is 1. The molecular formula is C29H33BrClN3O5. The summed E-state index contributed by atoms with van der Waals surface area (Å²) in [6.07, 6.45) is 1.85. The molecule has 2 aromatic rings. The molecule has 8 nitrogen and oxygen atoms in total. The number of halogens is 2. The number of ether oxygens (including phenoxy) is 1. The Labute approximate surface area is 241 Å². The molecule has 208 valence electrons. The third-order valence-corrected chi connectivity index (χ3v) is 9.34. The molecule has 6 atom stereocenters. The summed E-state index contributed by atoms with van der Waals surface area (Å²) < 4.78 is 6.54. The van der Waals surface area contributed by atoms with E-state index in [1.807, 2.05) is 49.4 Å². The Kier molecular flexibility index (Phi) is 8.33. The van der Waals surface area contributed by atoms with Crippen LogP contribution in [0, 0.1) is 18.8 Å². The van der Waals surface area contributed by atoms with Gasteiger partial charge in [0, 0.05) is 24.5 Å². The Morgan fingerprint density at radius 2 is 1.90 bits per heavy atom. The average Bonchev–Trinajstić information content (AvgIpc) is 3.51. The van der Waals surface area contributed by atoms with Crippen LogP contribution in [0.2, 0.25) is 5.02 Å². The average molecular weight is 619 g/mol. The van der Waals surface area contributed by atoms with E-state index in [0.717, 1.165) is 11.1 Å². The number of aliphatic hydroxyl groups is 1. The molecule has 5 rings (SSSR count). The van der Waals surface area contributed by atoms with Crippen LogP contribution in [0.5, 0.6) is 0 Å². The monoisotopic (exact) mass is 617 g/mol. The highest BCUT2D eigenvalue weighted by atomic mass is 79.9. The molecule has 0 aromatic heterocycles. The normalized spacial score (nSPS) is 29.0. The first-order valence-electron chi connectivity index (χ1n) is 13.4. The maximum atomic E-state index is 14.0. The number of hydrogen-bond donors (Lipinski definition) is 3. The van der Waals surface area contributed by atoms with Crippen molar-refractivity contribution in [3.63, 3.8) is 0 Å². The van der Waals surface area contributed by atoms with E-state index < -0.39 is 29.6 Å². The first-order valence-corrected chi connectivity index (χ1v) is 14.7. The predicted molar refractivity (Wildman–Crippen MR) is 151 cm³/mol. The van der Waals surface area contributed by atoms with Crippen molar-refractivity contribution in [2.75, 3.05) is 18.5 Å². The Hall–Kier alpha value is -2.46. The molecule has 1 spiro atoms. The number of unbranched alkanes of at least 4 members (excludes halogenated alkanes) is 2. The van der Waals surface area contributed by atoms with Gasteiger partial charge in [-0.1, -0.05) is 70.0 Å². The third kappa shape index (κ3) is 5.10. The van der Waals surface area contributed by atoms with Crippen molar-refractivity contribution < 1.29 is 24.2 Å². The molecule has 3 aliphatic rings. The number of rotatable bonds is 10. The number of carbonyl (C=O) groups is 3. The second-order valence-corrected chi connectivity index (χ2v) is 12.2. The molecule has 0 saturated carbocycles. The molecule has 0 radical (unpaired) electrons. The molecule has 3 aliphatic heterocycles. The van der Waals surface area contributed by atoms with Crippen molar-refractivity contribution in [2.45, 2.75) is 61.7 Å². The first kappa shape index (κ1) is 28.1. The molecule has 2 bridgehead atoms. The molecule has 3 N–H and O–H groups in total. The highest BCUT2D eigenvalue weighted by Gasteiger charge is 2.76. The van der Waals surface area contributed by atoms with Gasteiger partial charge in [-0.2, -0.15) is 0 Å². The van der Waals surface area contributed by atoms with Gasteiger partial charge in [0.2, 0.25) is 17.7 Å². The van der Waals surface area contributed by atoms with Gasteiger partial charge in [0.05, 0.1) is 28.6 Å². The van der Waals surface area contributed by atoms with Crippen LogP contribution in [0.4, 0.5) is 5.69 Å². The van der Waals surface area contributed by atoms with Crippen LogP contribution < -0.4 is 10.6 Å². The van der Waals surface area contributed by atoms with E-state index in [0.29, 0.717) is 49.5 Å². The fourth-order valence-electron chi connectivity index (χ4n) is 6.43. The van der Waals surface area contributed by atoms with E-state index >= 15 is 0 Å². The van der Waals surface area contributed by atoms with E-state index in [-0.39, 0.29) is 29.2 Å². The number of nitrogens with one attached hydrogen (secondary N) is 2. The van der Waals surface area contributed by atoms with E-state index in [2.05, 4.69) is 26.6 Å². The van der Waals surface area contributed by atoms with Crippen molar-refractivity contribution in [1.29, 1.82) is 0 Å². The van der Waals surface area contributed by atoms with Gasteiger partial charge in [-0.15, -0.1) is 0 Å². The summed E-state index contributed by atoms with van der Waals surface area (Å²) in [5, 5.41) is 15.6. The van der Waals surface area contributed by atoms with E-state index in [4.69, 9.17) is 16.3 Å². The Morgan fingerprint density at radius 1 is 1.13 bits per heavy atom. The lowest BCUT2D eigenvalue weighted by Gasteiger charge is -2.34. The zero-order chi connectivity index (χ0) is 27.7. The quantitative estimate of drug-likeness (QED) is 0.277. The van der Waals surface area contributed by atoms with E-state index in [1.165, 1.54) is 0 Å². The standard InChI is InChI=1S/C29H33BrClN3O5/c1-17-9-8-12-20(31)23(17)33-27(37)25-29-15-19(30)24(39-29)21(26(36)32-16-18-10-4-2-5-11-18)22(29)28(38)34(25)13-6-3-7-14-35/h2,4-5,8-12,19,21-22,24-25,35H,3,6-7,13-16H2,1H3,(H,32,36)(H,33,37)/t19?,21-,22-,24-,25?,29?/m0/s1. The zero-order valence-electron chi connectivity index (χ0n) is 21.7. The number of benzene rings is 2. The third-order valence-electron chi connectivity index (χ3n) is 8.18. The van der Waals surface area contributed by atoms with Gasteiger partial charge < -0.3 is 25.4 Å². The summed E-state index contributed by atoms with van der Waals surface area (Å²) in [7, 11) is 0. The Balaban J connectivity index is 1.45. The lowest BCUT2D eigenvalue weighted by molar-refractivity contribution is -0.140. The van der Waals surface area contributed by atoms with Crippen LogP contribution in [-0.4, -0.2) is 63.5 Å². The van der Waals surface area contributed by atoms with Crippen LogP contribution in [0.1, 0.15) is 36.8 Å². The van der Waals surface area contributed by atoms with Crippen LogP contribution >= 0.6 is 27.5 Å². The number of likely N-dealkylation sites (tertiary alicyclic amines) is 1. The number of para-hydroxylation sites is 1. The fraction of sp³-hybridized carbons (Fsp3) is 0.483. The summed E-state index contributed by atoms with van der Waals surface area (Å²) in [6.45, 7) is 2.59. The van der Waals surface area contributed by atoms with Crippen molar-refractivity contribution in [3.8, 4) is 0 Å². The summed E-state index contributed by atoms with van der Waals surface area (Å²) in [4.78, 5) is 43.0. The van der Waals surface area contributed by atoms with Gasteiger partial charge in [-0.05, 0) is 49.8 Å². The molecule has 39 heavy (non-hydrogen) atoms. The number of aryl methyl sites for hydroxylation is 1. The number of hydrogen-bond acceptors (Lipinski definition) is 5. The van der Waals surface area contributed by atoms with Crippen LogP contribution in [0.25, 0.3) is 0 Å². The Bertz CT molecular complexity index is 1230. The number of carbonyl (C=O) groups excluding carboxylic acids is 3. The highest BCUT2D eigenvalue weighted by Crippen LogP contribution is 2.60. The molecule has 0 aliphatic carbocycles. The lowest BCUT2D eigenvalue weighted by atomic mass is 9.70. The van der Waals surface area contributed by atoms with Crippen molar-refractivity contribution in [3.05, 3.63) is 64.7 Å². The van der Waals surface area contributed by atoms with Gasteiger partial charge in [-0.3, -0.25) is 14.4 Å². The SMILES string of the molecule is Cc1cccc(Cl)c1NC(=O)C1N(CCCCCO)C(=O)[C@@H]2[C@H](C(=O)NCc3ccccc3)[C@H]3OC12CC3Br. The minimum absolute atomic E-state index is 0.0654. The van der Waals surface area contributed by atoms with E-state index in [1.54, 1.807) is 11.0 Å². The summed E-state index contributed by atoms with van der Waals surface area (Å²) in [5.74, 6) is -2.37. The maximum absolute atomic E-state index is 14.0. The molecule has 2 aromatic carbocycles. The van der Waals surface area contributed by atoms with Crippen LogP contribution in [0.15, 0.2) is 48.5 Å². The Morgan fingerprint density at radius 3 is 2.62 bits per heavy atom. The van der Waals surface area contributed by atoms with E-state index in [9.17, 15) is 19.5 Å². The summed E-state index contributed by atoms with van der Waals surface area (Å²) in [5.41, 5.74) is 1.12. The number of alkyl halides is 1. The fourth-order valence-corrected chi connectivity index (χ4v) is 7.64. The number of anilines is 1. The minimum atomic E-state index is -1.14. The molecule has 3 saturated heterocycles. The molecule has 3 amide bonds. The summed E-state index contributed by atoms with van der Waals surface area (Å²) in [6, 6.07) is 14.0. The van der Waals surface area contributed by atoms with Gasteiger partial charge in [0.25, 0.3) is 0 Å². The number of aliphatic hydroxyl groups excluding tert-OH is 1. The smallest absolute Gasteiger partial charge is 0.250 e. The van der Waals surface area contributed by atoms with Gasteiger partial charge in [-0.25, -0.2) is 0 Å². The van der Waals surface area contributed by atoms with Crippen molar-refractivity contribution >= 4 is 50.9 Å². The largest absolute Gasteiger partial charge is 0.396 e. The van der Waals surface area contributed by atoms with Crippen molar-refractivity contribution in [2.24, 2.45) is 11.8 Å². The highest BCUT2D eigenvalue weighted by molar-refractivity contribution is 9.09. The molecular weight excluding hydrogens is 586 g/mol. The number of fused-ring (bicyclic) bond motifs is 1. The van der Waals surface area contributed by atoms with Crippen LogP contribution in [0.3, 0.4) is 0 Å². The second kappa shape index (κ2) is 11.6. The molecule has 10 heteroatoms. The topological polar surface area (TPSA) is 108 Å². The van der Waals surface area contributed by atoms with Crippen molar-refractivity contribution in [1.82, 2.24) is 10.2 Å². The summed E-state index contributed by atoms with van der Waals surface area (Å²) >= 11 is 10.1. The molecule has 3 heterocycles. The molecule has 3 unspecified atom stereocenters. The second-order valence-electron chi connectivity index (χ2n) is 10.6. The van der Waals surface area contributed by atoms with Gasteiger partial charge in [0.15, 0.2) is 0 Å². The van der Waals surface area contributed by atoms with Gasteiger partial charge >= 0.3 is 0 Å². The van der Waals surface area contributed by atoms with Gasteiger partial charge in [0.1, 0.15) is 11.6 Å². The number of amides is 3. The predicted octanol–water partition coefficient (Wildman–Crippen LogP) is 3.81. The first-order chi connectivity index (χ1) is 18.8. The lowest BCUT2D eigenvalue weighted by Crippen LogP contribution is -2.54. The van der Waals surface area contributed by atoms with Crippen LogP contribution in [-0.2, 0) is 25.7 Å². The maximum Gasteiger partial charge on any atom is 0.250 e. The minimum Gasteiger partial charge on any atom is -0.396 e. The molecule has 3 fully saturated rings. The zero-order valence-corrected chi connectivity index (χ0v) is 24.1.